The van der Waals surface area contributed by atoms with Crippen LogP contribution in [0.15, 0.2) is 151 Å². The van der Waals surface area contributed by atoms with E-state index in [1.54, 1.807) is 24.8 Å². The van der Waals surface area contributed by atoms with E-state index < -0.39 is 0 Å². The first-order valence-electron chi connectivity index (χ1n) is 24.4. The fourth-order valence-corrected chi connectivity index (χ4v) is 9.27. The van der Waals surface area contributed by atoms with Gasteiger partial charge in [0.25, 0.3) is 0 Å². The first-order valence-corrected chi connectivity index (χ1v) is 25.2. The van der Waals surface area contributed by atoms with Gasteiger partial charge in [-0.2, -0.15) is 24.3 Å². The molecule has 10 nitrogen and oxygen atoms in total. The largest absolute Gasteiger partial charge is 0.477 e. The molecule has 0 spiro atoms. The van der Waals surface area contributed by atoms with Crippen LogP contribution in [-0.4, -0.2) is 38.7 Å². The van der Waals surface area contributed by atoms with E-state index in [1.807, 2.05) is 35.8 Å². The Labute approximate surface area is 476 Å². The minimum absolute atomic E-state index is 0. The fraction of sp³-hybridized carbons (Fsp3) is 0.233. The maximum atomic E-state index is 5.72. The van der Waals surface area contributed by atoms with Gasteiger partial charge in [-0.1, -0.05) is 172 Å². The summed E-state index contributed by atoms with van der Waals surface area (Å²) >= 11 is 3.66. The van der Waals surface area contributed by atoms with Crippen LogP contribution < -0.4 is 25.1 Å². The second-order valence-electron chi connectivity index (χ2n) is 17.8. The van der Waals surface area contributed by atoms with Crippen molar-refractivity contribution in [3.05, 3.63) is 209 Å². The number of nitrogens with zero attached hydrogens (tertiary/aromatic N) is 8. The Morgan fingerprint density at radius 1 is 0.500 bits per heavy atom. The molecule has 0 unspecified atom stereocenters. The molecule has 0 aliphatic carbocycles. The van der Waals surface area contributed by atoms with Gasteiger partial charge in [-0.05, 0) is 71.2 Å². The molecule has 8 aromatic rings. The van der Waals surface area contributed by atoms with Gasteiger partial charge in [0.05, 0.1) is 0 Å². The number of aryl methyl sites for hydroxylation is 4. The van der Waals surface area contributed by atoms with E-state index in [0.29, 0.717) is 11.8 Å². The van der Waals surface area contributed by atoms with Crippen molar-refractivity contribution in [2.45, 2.75) is 92.9 Å². The second-order valence-corrected chi connectivity index (χ2v) is 18.7. The number of anilines is 8. The van der Waals surface area contributed by atoms with Crippen molar-refractivity contribution < 1.29 is 51.2 Å². The summed E-state index contributed by atoms with van der Waals surface area (Å²) in [4.78, 5) is 26.8. The average molecular weight is 1400 g/mol. The number of hydrogen-bond acceptors (Lipinski definition) is 8. The molecule has 2 aromatic heterocycles. The SMILES string of the molecule is CCc1ccc(N2[CH-]N(c3[c-]cc(CC)c(-c4ccccc4C(C)C)c3)c3nccnc32)cc1.CCc1ccc(N2[CH-]N(c3[c-]cc(CC)c(Br)c3)c3nccnc32)cc1.O.O.[B]c1ccccc1C(C)C.[Ir].[Ir]. The van der Waals surface area contributed by atoms with Gasteiger partial charge in [-0.3, -0.25) is 0 Å². The first-order chi connectivity index (χ1) is 34.0. The normalized spacial score (nSPS) is 12.0. The Morgan fingerprint density at radius 2 is 0.905 bits per heavy atom. The quantitative estimate of drug-likeness (QED) is 0.0925. The molecule has 10 rings (SSSR count). The smallest absolute Gasteiger partial charge is 0.145 e. The van der Waals surface area contributed by atoms with Crippen LogP contribution in [0.2, 0.25) is 0 Å². The molecule has 388 valence electrons. The van der Waals surface area contributed by atoms with E-state index in [-0.39, 0.29) is 51.2 Å². The van der Waals surface area contributed by atoms with Crippen LogP contribution in [0.1, 0.15) is 101 Å². The topological polar surface area (TPSA) is 128 Å². The van der Waals surface area contributed by atoms with Crippen molar-refractivity contribution >= 4 is 75.3 Å². The Kier molecular flexibility index (Phi) is 23.4. The van der Waals surface area contributed by atoms with Crippen LogP contribution >= 0.6 is 15.9 Å². The van der Waals surface area contributed by atoms with Crippen molar-refractivity contribution in [2.75, 3.05) is 19.6 Å². The zero-order valence-corrected chi connectivity index (χ0v) is 49.6. The minimum atomic E-state index is 0. The monoisotopic (exact) mass is 1400 g/mol. The number of aromatic nitrogens is 4. The Bertz CT molecular complexity index is 3040. The predicted octanol–water partition coefficient (Wildman–Crippen LogP) is 13.1. The van der Waals surface area contributed by atoms with Crippen molar-refractivity contribution in [2.24, 2.45) is 0 Å². The fourth-order valence-electron chi connectivity index (χ4n) is 8.66. The summed E-state index contributed by atoms with van der Waals surface area (Å²) < 4.78 is 1.08. The van der Waals surface area contributed by atoms with Crippen LogP contribution in [0.5, 0.6) is 0 Å². The van der Waals surface area contributed by atoms with Gasteiger partial charge in [0.2, 0.25) is 0 Å². The minimum Gasteiger partial charge on any atom is -0.477 e. The van der Waals surface area contributed by atoms with Gasteiger partial charge >= 0.3 is 0 Å². The summed E-state index contributed by atoms with van der Waals surface area (Å²) in [7, 11) is 5.72. The molecule has 4 radical (unpaired) electrons. The first kappa shape index (κ1) is 61.0. The van der Waals surface area contributed by atoms with E-state index >= 15 is 0 Å². The molecule has 2 aliphatic heterocycles. The maximum Gasteiger partial charge on any atom is 0.145 e. The molecule has 0 fully saturated rings. The molecule has 0 atom stereocenters. The third-order valence-corrected chi connectivity index (χ3v) is 13.4. The number of hydrogen-bond donors (Lipinski definition) is 0. The zero-order chi connectivity index (χ0) is 49.3. The predicted molar refractivity (Wildman–Crippen MR) is 303 cm³/mol. The van der Waals surface area contributed by atoms with Crippen LogP contribution in [0, 0.1) is 25.5 Å². The van der Waals surface area contributed by atoms with Crippen LogP contribution in [0.4, 0.5) is 46.0 Å². The summed E-state index contributed by atoms with van der Waals surface area (Å²) in [5.74, 6) is 4.23. The molecule has 2 aliphatic rings. The van der Waals surface area contributed by atoms with Gasteiger partial charge in [0.15, 0.2) is 0 Å². The van der Waals surface area contributed by atoms with Crippen molar-refractivity contribution in [3.63, 3.8) is 0 Å². The molecule has 4 heterocycles. The van der Waals surface area contributed by atoms with Crippen LogP contribution in [0.25, 0.3) is 11.1 Å². The van der Waals surface area contributed by atoms with Crippen LogP contribution in [0.3, 0.4) is 0 Å². The Morgan fingerprint density at radius 3 is 1.31 bits per heavy atom. The third kappa shape index (κ3) is 13.6. The maximum absolute atomic E-state index is 5.72. The van der Waals surface area contributed by atoms with Crippen molar-refractivity contribution in [1.82, 2.24) is 19.9 Å². The van der Waals surface area contributed by atoms with Gasteiger partial charge in [0.1, 0.15) is 31.1 Å². The number of rotatable bonds is 11. The summed E-state index contributed by atoms with van der Waals surface area (Å²) in [5.41, 5.74) is 15.2. The molecule has 0 bridgehead atoms. The van der Waals surface area contributed by atoms with Crippen LogP contribution in [-0.2, 0) is 65.9 Å². The Balaban J connectivity index is 0.000000263. The number of halogens is 1. The molecule has 6 aromatic carbocycles. The summed E-state index contributed by atoms with van der Waals surface area (Å²) in [5, 5.41) is 0. The number of fused-ring (bicyclic) bond motifs is 2. The molecule has 14 heteroatoms. The average Bonchev–Trinajstić information content (AvgIpc) is 3.99. The van der Waals surface area contributed by atoms with E-state index in [1.165, 1.54) is 44.5 Å². The molecule has 0 saturated carbocycles. The van der Waals surface area contributed by atoms with Gasteiger partial charge in [-0.15, -0.1) is 53.5 Å². The molecular formula is C60H64BBrIr2N8O2-4. The van der Waals surface area contributed by atoms with Gasteiger partial charge in [0, 0.05) is 76.4 Å². The number of benzene rings is 6. The molecular weight excluding hydrogens is 1340 g/mol. The van der Waals surface area contributed by atoms with Gasteiger partial charge in [-0.25, -0.2) is 19.9 Å². The molecule has 0 amide bonds. The summed E-state index contributed by atoms with van der Waals surface area (Å²) in [6, 6.07) is 49.3. The van der Waals surface area contributed by atoms with E-state index in [0.717, 1.165) is 81.6 Å². The third-order valence-electron chi connectivity index (χ3n) is 12.7. The molecule has 74 heavy (non-hydrogen) atoms. The van der Waals surface area contributed by atoms with Crippen molar-refractivity contribution in [1.29, 1.82) is 0 Å². The van der Waals surface area contributed by atoms with Gasteiger partial charge < -0.3 is 30.6 Å². The van der Waals surface area contributed by atoms with E-state index in [4.69, 9.17) is 7.85 Å². The van der Waals surface area contributed by atoms with E-state index in [2.05, 4.69) is 222 Å². The summed E-state index contributed by atoms with van der Waals surface area (Å²) in [6.45, 7) is 21.6. The standard InChI is InChI=1S/C30H30N4.C21H19BrN4.C9H11B.2Ir.2H2O/c1-5-22-11-14-24(15-12-22)33-20-34(30-29(33)31-17-18-32-30)25-16-13-23(6-2)28(19-25)27-10-8-7-9-26(27)21(3)4;1-3-15-5-8-17(9-6-15)25-14-26(21-20(25)23-11-12-24-21)18-10-7-16(4-2)19(22)13-18;1-7(2)8-5-3-4-6-9(8)10;;;;/h7-15,17-21H,5-6H2,1-4H3;5-9,11-14H,3-4H2,1-2H3;3-7H,1-2H3;;;2*1H2/q2*-2;;;;;. The Hall–Kier alpha value is -5.56. The molecule has 0 saturated heterocycles. The second kappa shape index (κ2) is 28.4. The summed E-state index contributed by atoms with van der Waals surface area (Å²) in [6.07, 6.45) is 10.9. The van der Waals surface area contributed by atoms with E-state index in [9.17, 15) is 0 Å². The zero-order valence-electron chi connectivity index (χ0n) is 43.2. The van der Waals surface area contributed by atoms with Crippen molar-refractivity contribution in [3.8, 4) is 11.1 Å². The molecule has 4 N–H and O–H groups in total.